The number of nitrogens with zero attached hydrogens (tertiary/aromatic N) is 1. The Morgan fingerprint density at radius 3 is 2.93 bits per heavy atom. The zero-order chi connectivity index (χ0) is 9.97. The SMILES string of the molecule is Fc1ccc(NCC(Cl)C2CC2)nc1. The summed E-state index contributed by atoms with van der Waals surface area (Å²) in [5, 5.41) is 3.25. The van der Waals surface area contributed by atoms with E-state index in [1.165, 1.54) is 25.1 Å². The average molecular weight is 215 g/mol. The van der Waals surface area contributed by atoms with Crippen molar-refractivity contribution in [2.24, 2.45) is 5.92 Å². The molecular weight excluding hydrogens is 203 g/mol. The van der Waals surface area contributed by atoms with Crippen molar-refractivity contribution in [3.8, 4) is 0 Å². The summed E-state index contributed by atoms with van der Waals surface area (Å²) in [4.78, 5) is 3.89. The van der Waals surface area contributed by atoms with Gasteiger partial charge in [-0.2, -0.15) is 0 Å². The van der Waals surface area contributed by atoms with Gasteiger partial charge in [-0.1, -0.05) is 0 Å². The number of pyridine rings is 1. The molecule has 1 saturated carbocycles. The van der Waals surface area contributed by atoms with Gasteiger partial charge in [-0.05, 0) is 30.9 Å². The zero-order valence-corrected chi connectivity index (χ0v) is 8.47. The van der Waals surface area contributed by atoms with E-state index in [0.29, 0.717) is 18.3 Å². The molecule has 0 aliphatic heterocycles. The van der Waals surface area contributed by atoms with Crippen molar-refractivity contribution in [1.29, 1.82) is 0 Å². The van der Waals surface area contributed by atoms with Crippen molar-refractivity contribution in [1.82, 2.24) is 4.98 Å². The number of aromatic nitrogens is 1. The lowest BCUT2D eigenvalue weighted by Gasteiger charge is -2.09. The van der Waals surface area contributed by atoms with Gasteiger partial charge in [0.2, 0.25) is 0 Å². The summed E-state index contributed by atoms with van der Waals surface area (Å²) in [6.45, 7) is 0.699. The second-order valence-corrected chi connectivity index (χ2v) is 4.16. The molecule has 1 fully saturated rings. The predicted molar refractivity (Wildman–Crippen MR) is 55.0 cm³/mol. The minimum Gasteiger partial charge on any atom is -0.369 e. The Labute approximate surface area is 87.5 Å². The Morgan fingerprint density at radius 1 is 1.57 bits per heavy atom. The summed E-state index contributed by atoms with van der Waals surface area (Å²) in [5.41, 5.74) is 0. The van der Waals surface area contributed by atoms with Crippen molar-refractivity contribution in [3.05, 3.63) is 24.1 Å². The summed E-state index contributed by atoms with van der Waals surface area (Å²) in [7, 11) is 0. The molecule has 1 unspecified atom stereocenters. The van der Waals surface area contributed by atoms with E-state index in [4.69, 9.17) is 11.6 Å². The highest BCUT2D eigenvalue weighted by atomic mass is 35.5. The van der Waals surface area contributed by atoms with E-state index >= 15 is 0 Å². The molecule has 1 aliphatic rings. The van der Waals surface area contributed by atoms with E-state index in [1.807, 2.05) is 0 Å². The molecule has 1 heterocycles. The van der Waals surface area contributed by atoms with Crippen molar-refractivity contribution < 1.29 is 4.39 Å². The Bertz CT molecular complexity index is 297. The minimum atomic E-state index is -0.319. The van der Waals surface area contributed by atoms with E-state index in [2.05, 4.69) is 10.3 Å². The summed E-state index contributed by atoms with van der Waals surface area (Å²) in [6, 6.07) is 3.00. The van der Waals surface area contributed by atoms with Gasteiger partial charge < -0.3 is 5.32 Å². The van der Waals surface area contributed by atoms with Gasteiger partial charge in [0.15, 0.2) is 0 Å². The molecule has 1 aromatic rings. The van der Waals surface area contributed by atoms with E-state index < -0.39 is 0 Å². The van der Waals surface area contributed by atoms with Gasteiger partial charge in [0.05, 0.1) is 11.6 Å². The van der Waals surface area contributed by atoms with Gasteiger partial charge in [-0.3, -0.25) is 0 Å². The van der Waals surface area contributed by atoms with Crippen LogP contribution >= 0.6 is 11.6 Å². The first-order chi connectivity index (χ1) is 6.75. The van der Waals surface area contributed by atoms with Crippen molar-refractivity contribution >= 4 is 17.4 Å². The van der Waals surface area contributed by atoms with Gasteiger partial charge in [-0.15, -0.1) is 11.6 Å². The number of nitrogens with one attached hydrogen (secondary N) is 1. The smallest absolute Gasteiger partial charge is 0.141 e. The molecule has 1 aliphatic carbocycles. The van der Waals surface area contributed by atoms with Crippen LogP contribution in [0.25, 0.3) is 0 Å². The second-order valence-electron chi connectivity index (χ2n) is 3.60. The Morgan fingerprint density at radius 2 is 2.36 bits per heavy atom. The third-order valence-electron chi connectivity index (χ3n) is 2.34. The Hall–Kier alpha value is -0.830. The van der Waals surface area contributed by atoms with E-state index in [1.54, 1.807) is 6.07 Å². The average Bonchev–Trinajstić information content (AvgIpc) is 3.00. The molecule has 0 amide bonds. The molecule has 0 bridgehead atoms. The molecule has 0 aromatic carbocycles. The molecule has 1 N–H and O–H groups in total. The highest BCUT2D eigenvalue weighted by Crippen LogP contribution is 2.35. The molecule has 1 aromatic heterocycles. The molecule has 0 spiro atoms. The first kappa shape index (κ1) is 9.71. The number of alkyl halides is 1. The van der Waals surface area contributed by atoms with Crippen LogP contribution in [0.5, 0.6) is 0 Å². The van der Waals surface area contributed by atoms with Gasteiger partial charge in [0, 0.05) is 6.54 Å². The quantitative estimate of drug-likeness (QED) is 0.780. The molecule has 1 atom stereocenters. The van der Waals surface area contributed by atoms with E-state index in [0.717, 1.165) is 0 Å². The fourth-order valence-corrected chi connectivity index (χ4v) is 1.64. The number of anilines is 1. The van der Waals surface area contributed by atoms with E-state index in [-0.39, 0.29) is 11.2 Å². The summed E-state index contributed by atoms with van der Waals surface area (Å²) < 4.78 is 12.5. The zero-order valence-electron chi connectivity index (χ0n) is 7.71. The number of halogens is 2. The predicted octanol–water partition coefficient (Wildman–Crippen LogP) is 2.65. The summed E-state index contributed by atoms with van der Waals surface area (Å²) in [5.74, 6) is 1.02. The van der Waals surface area contributed by atoms with E-state index in [9.17, 15) is 4.39 Å². The lowest BCUT2D eigenvalue weighted by atomic mass is 10.3. The topological polar surface area (TPSA) is 24.9 Å². The van der Waals surface area contributed by atoms with Crippen LogP contribution < -0.4 is 5.32 Å². The van der Waals surface area contributed by atoms with Crippen LogP contribution in [0.3, 0.4) is 0 Å². The second kappa shape index (κ2) is 4.13. The van der Waals surface area contributed by atoms with Crippen LogP contribution in [0.4, 0.5) is 10.2 Å². The van der Waals surface area contributed by atoms with Crippen molar-refractivity contribution in [2.75, 3.05) is 11.9 Å². The van der Waals surface area contributed by atoms with Crippen LogP contribution in [0.2, 0.25) is 0 Å². The lowest BCUT2D eigenvalue weighted by molar-refractivity contribution is 0.621. The number of rotatable bonds is 4. The molecule has 0 radical (unpaired) electrons. The highest BCUT2D eigenvalue weighted by Gasteiger charge is 2.29. The van der Waals surface area contributed by atoms with Gasteiger partial charge >= 0.3 is 0 Å². The van der Waals surface area contributed by atoms with Gasteiger partial charge in [0.1, 0.15) is 11.6 Å². The monoisotopic (exact) mass is 214 g/mol. The van der Waals surface area contributed by atoms with Crippen LogP contribution in [0.1, 0.15) is 12.8 Å². The fourth-order valence-electron chi connectivity index (χ4n) is 1.31. The molecular formula is C10H12ClFN2. The molecule has 14 heavy (non-hydrogen) atoms. The standard InChI is InChI=1S/C10H12ClFN2/c11-9(7-1-2-7)6-14-10-4-3-8(12)5-13-10/h3-5,7,9H,1-2,6H2,(H,13,14). The molecule has 0 saturated heterocycles. The lowest BCUT2D eigenvalue weighted by Crippen LogP contribution is -2.16. The maximum Gasteiger partial charge on any atom is 0.141 e. The fraction of sp³-hybridized carbons (Fsp3) is 0.500. The largest absolute Gasteiger partial charge is 0.369 e. The van der Waals surface area contributed by atoms with Crippen LogP contribution in [-0.4, -0.2) is 16.9 Å². The molecule has 76 valence electrons. The summed E-state index contributed by atoms with van der Waals surface area (Å²) in [6.07, 6.45) is 3.65. The van der Waals surface area contributed by atoms with Gasteiger partial charge in [0.25, 0.3) is 0 Å². The van der Waals surface area contributed by atoms with Crippen LogP contribution in [0.15, 0.2) is 18.3 Å². The minimum absolute atomic E-state index is 0.168. The third kappa shape index (κ3) is 2.58. The molecule has 4 heteroatoms. The summed E-state index contributed by atoms with van der Waals surface area (Å²) >= 11 is 6.10. The third-order valence-corrected chi connectivity index (χ3v) is 2.85. The normalized spacial score (nSPS) is 17.9. The maximum absolute atomic E-state index is 12.5. The first-order valence-corrected chi connectivity index (χ1v) is 5.19. The Balaban J connectivity index is 1.82. The van der Waals surface area contributed by atoms with Gasteiger partial charge in [-0.25, -0.2) is 9.37 Å². The highest BCUT2D eigenvalue weighted by molar-refractivity contribution is 6.21. The first-order valence-electron chi connectivity index (χ1n) is 4.75. The van der Waals surface area contributed by atoms with Crippen LogP contribution in [-0.2, 0) is 0 Å². The van der Waals surface area contributed by atoms with Crippen molar-refractivity contribution in [3.63, 3.8) is 0 Å². The number of hydrogen-bond donors (Lipinski definition) is 1. The van der Waals surface area contributed by atoms with Crippen LogP contribution in [0, 0.1) is 11.7 Å². The maximum atomic E-state index is 12.5. The molecule has 2 rings (SSSR count). The molecule has 2 nitrogen and oxygen atoms in total. The Kier molecular flexibility index (Phi) is 2.87. The number of hydrogen-bond acceptors (Lipinski definition) is 2. The van der Waals surface area contributed by atoms with Crippen molar-refractivity contribution in [2.45, 2.75) is 18.2 Å².